The van der Waals surface area contributed by atoms with Crippen LogP contribution in [0, 0.1) is 29.1 Å². The molecule has 0 aliphatic carbocycles. The van der Waals surface area contributed by atoms with Crippen LogP contribution >= 0.6 is 0 Å². The number of para-hydroxylation sites is 1. The Kier molecular flexibility index (Phi) is 3.92. The maximum atomic E-state index is 13.8. The molecule has 3 rings (SSSR count). The van der Waals surface area contributed by atoms with E-state index in [-0.39, 0.29) is 5.89 Å². The van der Waals surface area contributed by atoms with Gasteiger partial charge in [0.15, 0.2) is 23.3 Å². The summed E-state index contributed by atoms with van der Waals surface area (Å²) in [5, 5.41) is 6.93. The molecule has 0 aliphatic rings. The summed E-state index contributed by atoms with van der Waals surface area (Å²) in [6.45, 7) is 0. The van der Waals surface area contributed by atoms with Crippen LogP contribution in [-0.4, -0.2) is 17.3 Å². The molecule has 0 amide bonds. The number of hydrogen-bond donors (Lipinski definition) is 0. The van der Waals surface area contributed by atoms with Crippen molar-refractivity contribution >= 4 is 0 Å². The average molecular weight is 342 g/mol. The molecule has 0 unspecified atom stereocenters. The Hall–Kier alpha value is -2.97. The van der Waals surface area contributed by atoms with E-state index >= 15 is 0 Å². The first-order chi connectivity index (χ1) is 11.5. The van der Waals surface area contributed by atoms with Crippen LogP contribution in [0.1, 0.15) is 0 Å². The molecule has 0 spiro atoms. The Morgan fingerprint density at radius 3 is 1.96 bits per heavy atom. The van der Waals surface area contributed by atoms with Crippen molar-refractivity contribution in [3.63, 3.8) is 0 Å². The number of nitrogens with zero attached hydrogens (tertiary/aromatic N) is 2. The third-order valence-electron chi connectivity index (χ3n) is 3.19. The van der Waals surface area contributed by atoms with Crippen molar-refractivity contribution < 1.29 is 31.1 Å². The summed E-state index contributed by atoms with van der Waals surface area (Å²) in [7, 11) is 1.38. The number of benzene rings is 2. The van der Waals surface area contributed by atoms with Gasteiger partial charge in [0.1, 0.15) is 11.3 Å². The molecular formula is C15H7F5N2O2. The van der Waals surface area contributed by atoms with Gasteiger partial charge in [-0.3, -0.25) is 0 Å². The summed E-state index contributed by atoms with van der Waals surface area (Å²) in [5.41, 5.74) is -0.998. The van der Waals surface area contributed by atoms with Crippen LogP contribution in [0.2, 0.25) is 0 Å². The van der Waals surface area contributed by atoms with Gasteiger partial charge in [-0.1, -0.05) is 12.1 Å². The summed E-state index contributed by atoms with van der Waals surface area (Å²) in [6, 6.07) is 6.36. The maximum Gasteiger partial charge on any atom is 0.254 e. The Morgan fingerprint density at radius 1 is 0.792 bits per heavy atom. The highest BCUT2D eigenvalue weighted by molar-refractivity contribution is 5.64. The molecule has 0 bridgehead atoms. The molecule has 0 saturated carbocycles. The number of aromatic nitrogens is 2. The van der Waals surface area contributed by atoms with Crippen LogP contribution in [0.25, 0.3) is 22.9 Å². The summed E-state index contributed by atoms with van der Waals surface area (Å²) in [6.07, 6.45) is 0. The van der Waals surface area contributed by atoms with E-state index < -0.39 is 40.5 Å². The number of ether oxygens (including phenoxy) is 1. The van der Waals surface area contributed by atoms with Gasteiger partial charge in [0.2, 0.25) is 5.82 Å². The molecule has 0 aliphatic heterocycles. The van der Waals surface area contributed by atoms with Gasteiger partial charge in [0.25, 0.3) is 11.8 Å². The molecule has 0 saturated heterocycles. The Morgan fingerprint density at radius 2 is 1.33 bits per heavy atom. The van der Waals surface area contributed by atoms with E-state index in [2.05, 4.69) is 10.2 Å². The molecule has 0 radical (unpaired) electrons. The van der Waals surface area contributed by atoms with E-state index in [1.165, 1.54) is 13.2 Å². The molecule has 124 valence electrons. The van der Waals surface area contributed by atoms with Crippen molar-refractivity contribution in [1.29, 1.82) is 0 Å². The zero-order valence-electron chi connectivity index (χ0n) is 11.9. The molecule has 1 aromatic heterocycles. The highest BCUT2D eigenvalue weighted by Gasteiger charge is 2.30. The predicted molar refractivity (Wildman–Crippen MR) is 71.5 cm³/mol. The van der Waals surface area contributed by atoms with Crippen LogP contribution in [0.5, 0.6) is 5.75 Å². The molecule has 2 aromatic carbocycles. The van der Waals surface area contributed by atoms with Crippen LogP contribution in [0.15, 0.2) is 28.7 Å². The lowest BCUT2D eigenvalue weighted by Gasteiger charge is -2.05. The topological polar surface area (TPSA) is 48.2 Å². The predicted octanol–water partition coefficient (Wildman–Crippen LogP) is 4.11. The first kappa shape index (κ1) is 15.9. The first-order valence-corrected chi connectivity index (χ1v) is 6.44. The van der Waals surface area contributed by atoms with Crippen LogP contribution in [-0.2, 0) is 0 Å². The van der Waals surface area contributed by atoms with Crippen LogP contribution in [0.3, 0.4) is 0 Å². The lowest BCUT2D eigenvalue weighted by atomic mass is 10.1. The normalized spacial score (nSPS) is 10.9. The van der Waals surface area contributed by atoms with E-state index in [1.807, 2.05) is 0 Å². The molecule has 24 heavy (non-hydrogen) atoms. The Labute approximate surface area is 131 Å². The van der Waals surface area contributed by atoms with Crippen LogP contribution in [0.4, 0.5) is 22.0 Å². The summed E-state index contributed by atoms with van der Waals surface area (Å²) in [5.74, 6) is -11.3. The highest BCUT2D eigenvalue weighted by atomic mass is 19.2. The lowest BCUT2D eigenvalue weighted by Crippen LogP contribution is -2.04. The van der Waals surface area contributed by atoms with Gasteiger partial charge in [0, 0.05) is 0 Å². The fraction of sp³-hybridized carbons (Fsp3) is 0.0667. The molecule has 0 N–H and O–H groups in total. The fourth-order valence-corrected chi connectivity index (χ4v) is 2.05. The molecule has 4 nitrogen and oxygen atoms in total. The smallest absolute Gasteiger partial charge is 0.254 e. The van der Waals surface area contributed by atoms with Gasteiger partial charge < -0.3 is 9.15 Å². The van der Waals surface area contributed by atoms with E-state index in [0.29, 0.717) is 11.3 Å². The van der Waals surface area contributed by atoms with Crippen molar-refractivity contribution in [1.82, 2.24) is 10.2 Å². The molecular weight excluding hydrogens is 335 g/mol. The minimum atomic E-state index is -2.27. The molecule has 0 fully saturated rings. The van der Waals surface area contributed by atoms with Crippen molar-refractivity contribution in [3.8, 4) is 28.7 Å². The molecule has 1 heterocycles. The third kappa shape index (κ3) is 2.38. The zero-order valence-corrected chi connectivity index (χ0v) is 11.9. The fourth-order valence-electron chi connectivity index (χ4n) is 2.05. The van der Waals surface area contributed by atoms with Gasteiger partial charge in [-0.15, -0.1) is 10.2 Å². The highest BCUT2D eigenvalue weighted by Crippen LogP contribution is 2.34. The number of hydrogen-bond acceptors (Lipinski definition) is 4. The molecule has 9 heteroatoms. The second-order valence-corrected chi connectivity index (χ2v) is 4.56. The maximum absolute atomic E-state index is 13.8. The first-order valence-electron chi connectivity index (χ1n) is 6.44. The van der Waals surface area contributed by atoms with E-state index in [4.69, 9.17) is 9.15 Å². The number of rotatable bonds is 3. The monoisotopic (exact) mass is 342 g/mol. The van der Waals surface area contributed by atoms with E-state index in [1.54, 1.807) is 18.2 Å². The largest absolute Gasteiger partial charge is 0.496 e. The minimum absolute atomic E-state index is 0.202. The van der Waals surface area contributed by atoms with Gasteiger partial charge >= 0.3 is 0 Å². The van der Waals surface area contributed by atoms with Crippen molar-refractivity contribution in [3.05, 3.63) is 53.4 Å². The minimum Gasteiger partial charge on any atom is -0.496 e. The number of methoxy groups -OCH3 is 1. The molecule has 0 atom stereocenters. The third-order valence-corrected chi connectivity index (χ3v) is 3.19. The van der Waals surface area contributed by atoms with Gasteiger partial charge in [-0.05, 0) is 12.1 Å². The second-order valence-electron chi connectivity index (χ2n) is 4.56. The van der Waals surface area contributed by atoms with Gasteiger partial charge in [-0.25, -0.2) is 22.0 Å². The summed E-state index contributed by atoms with van der Waals surface area (Å²) >= 11 is 0. The van der Waals surface area contributed by atoms with Crippen molar-refractivity contribution in [2.75, 3.05) is 7.11 Å². The van der Waals surface area contributed by atoms with Gasteiger partial charge in [0.05, 0.1) is 12.7 Å². The second kappa shape index (κ2) is 5.91. The van der Waals surface area contributed by atoms with Crippen LogP contribution < -0.4 is 4.74 Å². The van der Waals surface area contributed by atoms with Crippen molar-refractivity contribution in [2.45, 2.75) is 0 Å². The zero-order chi connectivity index (χ0) is 17.4. The quantitative estimate of drug-likeness (QED) is 0.408. The summed E-state index contributed by atoms with van der Waals surface area (Å²) in [4.78, 5) is 0. The standard InChI is InChI=1S/C15H7F5N2O2/c1-23-7-5-3-2-4-6(7)14-21-22-15(24-14)8-9(16)11(18)13(20)12(19)10(8)17/h2-5H,1H3. The Balaban J connectivity index is 2.16. The van der Waals surface area contributed by atoms with Crippen molar-refractivity contribution in [2.24, 2.45) is 0 Å². The van der Waals surface area contributed by atoms with E-state index in [0.717, 1.165) is 0 Å². The SMILES string of the molecule is COc1ccccc1-c1nnc(-c2c(F)c(F)c(F)c(F)c2F)o1. The molecule has 3 aromatic rings. The Bertz CT molecular complexity index is 897. The lowest BCUT2D eigenvalue weighted by molar-refractivity contribution is 0.378. The summed E-state index contributed by atoms with van der Waals surface area (Å²) < 4.78 is 77.3. The van der Waals surface area contributed by atoms with Gasteiger partial charge in [-0.2, -0.15) is 0 Å². The number of halogens is 5. The average Bonchev–Trinajstić information content (AvgIpc) is 3.08. The van der Waals surface area contributed by atoms with E-state index in [9.17, 15) is 22.0 Å².